The Kier molecular flexibility index (Phi) is 2.53. The van der Waals surface area contributed by atoms with Gasteiger partial charge in [0, 0.05) is 30.8 Å². The Hall–Kier alpha value is -0.110. The quantitative estimate of drug-likeness (QED) is 0.550. The van der Waals surface area contributed by atoms with Crippen molar-refractivity contribution in [1.82, 2.24) is 4.90 Å². The van der Waals surface area contributed by atoms with Crippen LogP contribution >= 0.6 is 11.8 Å². The Balaban J connectivity index is 2.63. The molecule has 1 aliphatic rings. The van der Waals surface area contributed by atoms with Gasteiger partial charge < -0.3 is 4.90 Å². The van der Waals surface area contributed by atoms with Crippen LogP contribution in [-0.4, -0.2) is 30.0 Å². The van der Waals surface area contributed by atoms with Crippen molar-refractivity contribution in [1.29, 1.82) is 0 Å². The van der Waals surface area contributed by atoms with Crippen LogP contribution in [-0.2, 0) is 0 Å². The van der Waals surface area contributed by atoms with Crippen LogP contribution in [0.25, 0.3) is 0 Å². The molecule has 1 rings (SSSR count). The average molecular weight is 171 g/mol. The van der Waals surface area contributed by atoms with Crippen LogP contribution in [0.15, 0.2) is 12.3 Å². The second kappa shape index (κ2) is 3.10. The van der Waals surface area contributed by atoms with E-state index in [4.69, 9.17) is 0 Å². The van der Waals surface area contributed by atoms with Gasteiger partial charge in [-0.15, -0.1) is 0 Å². The predicted octanol–water partition coefficient (Wildman–Crippen LogP) is 2.20. The third-order valence-corrected chi connectivity index (χ3v) is 3.49. The molecular formula is C9H17NS. The Bertz CT molecular complexity index is 163. The third kappa shape index (κ3) is 2.44. The molecule has 0 bridgehead atoms. The highest BCUT2D eigenvalue weighted by molar-refractivity contribution is 7.99. The molecular weight excluding hydrogens is 154 g/mol. The predicted molar refractivity (Wildman–Crippen MR) is 52.9 cm³/mol. The van der Waals surface area contributed by atoms with E-state index in [-0.39, 0.29) is 0 Å². The fourth-order valence-electron chi connectivity index (χ4n) is 1.35. The van der Waals surface area contributed by atoms with E-state index in [1.54, 1.807) is 0 Å². The summed E-state index contributed by atoms with van der Waals surface area (Å²) in [6.07, 6.45) is 0. The normalized spacial score (nSPS) is 25.0. The lowest BCUT2D eigenvalue weighted by molar-refractivity contribution is 0.281. The van der Waals surface area contributed by atoms with Crippen molar-refractivity contribution in [2.75, 3.05) is 25.1 Å². The van der Waals surface area contributed by atoms with Crippen molar-refractivity contribution in [3.05, 3.63) is 12.3 Å². The van der Waals surface area contributed by atoms with Crippen LogP contribution in [0.3, 0.4) is 0 Å². The zero-order valence-corrected chi connectivity index (χ0v) is 8.50. The number of thioether (sulfide) groups is 1. The van der Waals surface area contributed by atoms with Crippen molar-refractivity contribution in [2.45, 2.75) is 13.8 Å². The highest BCUT2D eigenvalue weighted by Gasteiger charge is 2.23. The van der Waals surface area contributed by atoms with E-state index < -0.39 is 0 Å². The van der Waals surface area contributed by atoms with Gasteiger partial charge in [-0.2, -0.15) is 11.8 Å². The summed E-state index contributed by atoms with van der Waals surface area (Å²) in [6, 6.07) is 0. The minimum atomic E-state index is 0.443. The lowest BCUT2D eigenvalue weighted by Crippen LogP contribution is -2.30. The molecule has 0 spiro atoms. The lowest BCUT2D eigenvalue weighted by Gasteiger charge is -2.27. The van der Waals surface area contributed by atoms with Crippen LogP contribution < -0.4 is 0 Å². The van der Waals surface area contributed by atoms with Gasteiger partial charge in [0.25, 0.3) is 0 Å². The second-order valence-electron chi connectivity index (χ2n) is 4.08. The summed E-state index contributed by atoms with van der Waals surface area (Å²) in [4.78, 5) is 2.28. The summed E-state index contributed by atoms with van der Waals surface area (Å²) >= 11 is 1.99. The smallest absolute Gasteiger partial charge is 0.0328 e. The molecule has 0 aromatic carbocycles. The highest BCUT2D eigenvalue weighted by atomic mass is 32.2. The summed E-state index contributed by atoms with van der Waals surface area (Å²) in [5, 5.41) is 0. The summed E-state index contributed by atoms with van der Waals surface area (Å²) < 4.78 is 0. The van der Waals surface area contributed by atoms with E-state index in [9.17, 15) is 0 Å². The monoisotopic (exact) mass is 171 g/mol. The molecule has 11 heavy (non-hydrogen) atoms. The summed E-state index contributed by atoms with van der Waals surface area (Å²) in [5.41, 5.74) is 1.71. The van der Waals surface area contributed by atoms with Crippen LogP contribution in [0.5, 0.6) is 0 Å². The maximum absolute atomic E-state index is 4.03. The molecule has 0 aromatic heterocycles. The summed E-state index contributed by atoms with van der Waals surface area (Å²) in [7, 11) is 2.13. The van der Waals surface area contributed by atoms with Crippen LogP contribution in [0, 0.1) is 5.41 Å². The molecule has 0 atom stereocenters. The number of rotatable bonds is 0. The first-order chi connectivity index (χ1) is 5.01. The van der Waals surface area contributed by atoms with E-state index in [0.29, 0.717) is 5.41 Å². The van der Waals surface area contributed by atoms with Crippen LogP contribution in [0.1, 0.15) is 13.8 Å². The van der Waals surface area contributed by atoms with E-state index in [0.717, 1.165) is 12.3 Å². The minimum absolute atomic E-state index is 0.443. The van der Waals surface area contributed by atoms with E-state index in [1.807, 2.05) is 11.8 Å². The Morgan fingerprint density at radius 1 is 1.55 bits per heavy atom. The fourth-order valence-corrected chi connectivity index (χ4v) is 2.56. The molecule has 2 heteroatoms. The summed E-state index contributed by atoms with van der Waals surface area (Å²) in [5.74, 6) is 2.34. The highest BCUT2D eigenvalue weighted by Crippen LogP contribution is 2.28. The molecule has 1 aliphatic heterocycles. The Labute approximate surface area is 73.8 Å². The molecule has 0 aliphatic carbocycles. The topological polar surface area (TPSA) is 3.24 Å². The number of nitrogens with zero attached hydrogens (tertiary/aromatic N) is 1. The standard InChI is InChI=1S/C9H17NS/c1-8-5-11-7-9(2,3)6-10(8)4/h1,5-7H2,2-4H3. The molecule has 1 fully saturated rings. The lowest BCUT2D eigenvalue weighted by atomic mass is 9.96. The summed E-state index contributed by atoms with van der Waals surface area (Å²) in [6.45, 7) is 9.79. The van der Waals surface area contributed by atoms with Gasteiger partial charge in [0.2, 0.25) is 0 Å². The zero-order valence-electron chi connectivity index (χ0n) is 7.68. The van der Waals surface area contributed by atoms with Crippen molar-refractivity contribution in [3.63, 3.8) is 0 Å². The van der Waals surface area contributed by atoms with E-state index >= 15 is 0 Å². The molecule has 0 N–H and O–H groups in total. The van der Waals surface area contributed by atoms with Gasteiger partial charge >= 0.3 is 0 Å². The van der Waals surface area contributed by atoms with Gasteiger partial charge in [-0.25, -0.2) is 0 Å². The van der Waals surface area contributed by atoms with Crippen molar-refractivity contribution in [3.8, 4) is 0 Å². The van der Waals surface area contributed by atoms with Gasteiger partial charge in [0.1, 0.15) is 0 Å². The zero-order chi connectivity index (χ0) is 8.48. The molecule has 0 radical (unpaired) electrons. The molecule has 0 amide bonds. The molecule has 1 saturated heterocycles. The molecule has 0 unspecified atom stereocenters. The van der Waals surface area contributed by atoms with E-state index in [1.165, 1.54) is 11.4 Å². The Morgan fingerprint density at radius 2 is 2.18 bits per heavy atom. The van der Waals surface area contributed by atoms with Crippen molar-refractivity contribution < 1.29 is 0 Å². The Morgan fingerprint density at radius 3 is 2.82 bits per heavy atom. The molecule has 0 aromatic rings. The number of hydrogen-bond acceptors (Lipinski definition) is 2. The number of hydrogen-bond donors (Lipinski definition) is 0. The maximum Gasteiger partial charge on any atom is 0.0328 e. The van der Waals surface area contributed by atoms with Crippen LogP contribution in [0.4, 0.5) is 0 Å². The van der Waals surface area contributed by atoms with Crippen molar-refractivity contribution in [2.24, 2.45) is 5.41 Å². The third-order valence-electron chi connectivity index (χ3n) is 1.97. The SMILES string of the molecule is C=C1CSCC(C)(C)CN1C. The molecule has 1 heterocycles. The fraction of sp³-hybridized carbons (Fsp3) is 0.778. The van der Waals surface area contributed by atoms with Gasteiger partial charge in [0.05, 0.1) is 0 Å². The molecule has 0 saturated carbocycles. The first kappa shape index (κ1) is 8.98. The first-order valence-electron chi connectivity index (χ1n) is 3.98. The molecule has 1 nitrogen and oxygen atoms in total. The van der Waals surface area contributed by atoms with Gasteiger partial charge in [0.15, 0.2) is 0 Å². The van der Waals surface area contributed by atoms with Gasteiger partial charge in [-0.05, 0) is 5.41 Å². The van der Waals surface area contributed by atoms with Crippen LogP contribution in [0.2, 0.25) is 0 Å². The van der Waals surface area contributed by atoms with Gasteiger partial charge in [-0.1, -0.05) is 20.4 Å². The first-order valence-corrected chi connectivity index (χ1v) is 5.13. The minimum Gasteiger partial charge on any atom is -0.377 e. The van der Waals surface area contributed by atoms with E-state index in [2.05, 4.69) is 32.4 Å². The largest absolute Gasteiger partial charge is 0.377 e. The second-order valence-corrected chi connectivity index (χ2v) is 5.06. The average Bonchev–Trinajstić information content (AvgIpc) is 1.93. The van der Waals surface area contributed by atoms with Gasteiger partial charge in [-0.3, -0.25) is 0 Å². The molecule has 64 valence electrons. The maximum atomic E-state index is 4.03. The van der Waals surface area contributed by atoms with Crippen molar-refractivity contribution >= 4 is 11.8 Å².